The lowest BCUT2D eigenvalue weighted by molar-refractivity contribution is -0.144. The smallest absolute Gasteiger partial charge is 0.306 e. The maximum atomic E-state index is 13.3. The average molecular weight is 525 g/mol. The van der Waals surface area contributed by atoms with Gasteiger partial charge in [-0.3, -0.25) is 9.59 Å². The Balaban J connectivity index is 1.61. The number of carbonyl (C=O) groups excluding carboxylic acids is 2. The summed E-state index contributed by atoms with van der Waals surface area (Å²) in [4.78, 5) is 26.8. The van der Waals surface area contributed by atoms with Crippen molar-refractivity contribution in [2.75, 3.05) is 17.7 Å². The van der Waals surface area contributed by atoms with Crippen LogP contribution < -0.4 is 5.32 Å². The van der Waals surface area contributed by atoms with Crippen LogP contribution in [0.2, 0.25) is 0 Å². The van der Waals surface area contributed by atoms with E-state index >= 15 is 0 Å². The van der Waals surface area contributed by atoms with E-state index in [0.29, 0.717) is 30.3 Å². The number of aryl methyl sites for hydroxylation is 1. The number of benzene rings is 1. The molecule has 1 aliphatic rings. The van der Waals surface area contributed by atoms with Gasteiger partial charge in [-0.1, -0.05) is 72.1 Å². The van der Waals surface area contributed by atoms with Crippen molar-refractivity contribution in [3.63, 3.8) is 0 Å². The number of unbranched alkanes of at least 4 members (excludes halogenated alkanes) is 1. The van der Waals surface area contributed by atoms with Crippen LogP contribution in [0.1, 0.15) is 100 Å². The minimum Gasteiger partial charge on any atom is -0.465 e. The zero-order chi connectivity index (χ0) is 27.0. The summed E-state index contributed by atoms with van der Waals surface area (Å²) in [6.45, 7) is 11.4. The summed E-state index contributed by atoms with van der Waals surface area (Å²) in [7, 11) is 2.00. The second kappa shape index (κ2) is 13.4. The molecule has 1 amide bonds. The van der Waals surface area contributed by atoms with Crippen LogP contribution in [-0.2, 0) is 28.4 Å². The highest BCUT2D eigenvalue weighted by Crippen LogP contribution is 2.38. The lowest BCUT2D eigenvalue weighted by Crippen LogP contribution is -2.15. The van der Waals surface area contributed by atoms with E-state index in [1.54, 1.807) is 11.8 Å². The van der Waals surface area contributed by atoms with Gasteiger partial charge in [0.1, 0.15) is 0 Å². The summed E-state index contributed by atoms with van der Waals surface area (Å²) in [5, 5.41) is 3.08. The van der Waals surface area contributed by atoms with Gasteiger partial charge in [-0.2, -0.15) is 0 Å². The molecule has 0 aliphatic heterocycles. The molecule has 0 fully saturated rings. The Morgan fingerprint density at radius 1 is 1.16 bits per heavy atom. The summed E-state index contributed by atoms with van der Waals surface area (Å²) in [5.74, 6) is 0.852. The van der Waals surface area contributed by atoms with E-state index in [1.807, 2.05) is 25.4 Å². The maximum absolute atomic E-state index is 13.3. The number of allylic oxidation sites excluding steroid dienone is 1. The van der Waals surface area contributed by atoms with Crippen molar-refractivity contribution >= 4 is 34.2 Å². The normalized spacial score (nSPS) is 14.1. The lowest BCUT2D eigenvalue weighted by atomic mass is 9.87. The Kier molecular flexibility index (Phi) is 10.5. The first-order valence-corrected chi connectivity index (χ1v) is 14.7. The molecule has 37 heavy (non-hydrogen) atoms. The molecule has 0 saturated heterocycles. The van der Waals surface area contributed by atoms with Crippen LogP contribution in [0.15, 0.2) is 36.5 Å². The summed E-state index contributed by atoms with van der Waals surface area (Å²) in [5.41, 5.74) is 4.94. The Bertz CT molecular complexity index is 1090. The van der Waals surface area contributed by atoms with Gasteiger partial charge in [-0.05, 0) is 48.3 Å². The topological polar surface area (TPSA) is 60.3 Å². The molecule has 6 heteroatoms. The number of esters is 1. The second-order valence-corrected chi connectivity index (χ2v) is 12.2. The van der Waals surface area contributed by atoms with Gasteiger partial charge < -0.3 is 14.6 Å². The van der Waals surface area contributed by atoms with Crippen LogP contribution >= 0.6 is 11.8 Å². The van der Waals surface area contributed by atoms with Gasteiger partial charge in [0.2, 0.25) is 0 Å². The predicted molar refractivity (Wildman–Crippen MR) is 156 cm³/mol. The van der Waals surface area contributed by atoms with Gasteiger partial charge in [-0.15, -0.1) is 11.8 Å². The first kappa shape index (κ1) is 29.1. The lowest BCUT2D eigenvalue weighted by Gasteiger charge is -2.19. The number of hydrogen-bond donors (Lipinski definition) is 1. The van der Waals surface area contributed by atoms with Crippen molar-refractivity contribution in [3.05, 3.63) is 58.9 Å². The maximum Gasteiger partial charge on any atom is 0.306 e. The fourth-order valence-electron chi connectivity index (χ4n) is 4.67. The number of amides is 1. The molecular formula is C31H44N2O3S. The van der Waals surface area contributed by atoms with Crippen LogP contribution in [0.4, 0.5) is 5.69 Å². The molecule has 1 aromatic carbocycles. The summed E-state index contributed by atoms with van der Waals surface area (Å²) in [6.07, 6.45) is 10.8. The van der Waals surface area contributed by atoms with E-state index in [-0.39, 0.29) is 17.3 Å². The van der Waals surface area contributed by atoms with E-state index in [2.05, 4.69) is 62.7 Å². The molecule has 1 unspecified atom stereocenters. The van der Waals surface area contributed by atoms with Crippen LogP contribution in [-0.4, -0.2) is 28.8 Å². The highest BCUT2D eigenvalue weighted by atomic mass is 32.2. The van der Waals surface area contributed by atoms with E-state index < -0.39 is 0 Å². The summed E-state index contributed by atoms with van der Waals surface area (Å²) < 4.78 is 7.64. The van der Waals surface area contributed by atoms with Crippen LogP contribution in [0.25, 0.3) is 4.91 Å². The molecular weight excluding hydrogens is 480 g/mol. The largest absolute Gasteiger partial charge is 0.465 e. The number of fused-ring (bicyclic) bond motifs is 1. The third-order valence-electron chi connectivity index (χ3n) is 7.10. The molecule has 1 N–H and O–H groups in total. The molecule has 1 heterocycles. The monoisotopic (exact) mass is 524 g/mol. The molecule has 1 aromatic heterocycles. The summed E-state index contributed by atoms with van der Waals surface area (Å²) in [6, 6.07) is 8.08. The van der Waals surface area contributed by atoms with Crippen molar-refractivity contribution < 1.29 is 14.3 Å². The minimum atomic E-state index is -0.135. The zero-order valence-electron chi connectivity index (χ0n) is 23.5. The van der Waals surface area contributed by atoms with Gasteiger partial charge >= 0.3 is 5.97 Å². The third kappa shape index (κ3) is 8.00. The number of rotatable bonds is 12. The highest BCUT2D eigenvalue weighted by molar-refractivity contribution is 8.08. The van der Waals surface area contributed by atoms with Crippen LogP contribution in [0.3, 0.4) is 0 Å². The van der Waals surface area contributed by atoms with Gasteiger partial charge in [0.05, 0.1) is 18.6 Å². The number of thioether (sulfide) groups is 1. The number of anilines is 1. The van der Waals surface area contributed by atoms with Gasteiger partial charge in [-0.25, -0.2) is 0 Å². The van der Waals surface area contributed by atoms with Crippen molar-refractivity contribution in [2.45, 2.75) is 85.0 Å². The molecule has 3 rings (SSSR count). The Morgan fingerprint density at radius 3 is 2.54 bits per heavy atom. The second-order valence-electron chi connectivity index (χ2n) is 11.1. The van der Waals surface area contributed by atoms with Crippen molar-refractivity contribution in [1.82, 2.24) is 4.57 Å². The SMILES string of the molecule is CCCCC(CC)COC(=O)CCSC1=CCCc2c1c(C(=O)Nc1ccc(C(C)(C)C)cc1)cn2C. The van der Waals surface area contributed by atoms with E-state index in [0.717, 1.165) is 41.8 Å². The van der Waals surface area contributed by atoms with Crippen molar-refractivity contribution in [3.8, 4) is 0 Å². The summed E-state index contributed by atoms with van der Waals surface area (Å²) >= 11 is 1.65. The Labute approximate surface area is 227 Å². The number of carbonyl (C=O) groups is 2. The zero-order valence-corrected chi connectivity index (χ0v) is 24.3. The van der Waals surface area contributed by atoms with Crippen molar-refractivity contribution in [2.24, 2.45) is 13.0 Å². The third-order valence-corrected chi connectivity index (χ3v) is 8.19. The van der Waals surface area contributed by atoms with Crippen molar-refractivity contribution in [1.29, 1.82) is 0 Å². The van der Waals surface area contributed by atoms with Crippen LogP contribution in [0, 0.1) is 5.92 Å². The molecule has 0 saturated carbocycles. The Hall–Kier alpha value is -2.47. The molecule has 0 bridgehead atoms. The fourth-order valence-corrected chi connectivity index (χ4v) is 5.76. The molecule has 1 atom stereocenters. The van der Waals surface area contributed by atoms with E-state index in [9.17, 15) is 9.59 Å². The minimum absolute atomic E-state index is 0.0666. The van der Waals surface area contributed by atoms with Gasteiger partial charge in [0.15, 0.2) is 0 Å². The first-order chi connectivity index (χ1) is 17.6. The number of hydrogen-bond acceptors (Lipinski definition) is 4. The van der Waals surface area contributed by atoms with Gasteiger partial charge in [0.25, 0.3) is 5.91 Å². The fraction of sp³-hybridized carbons (Fsp3) is 0.548. The number of ether oxygens (including phenoxy) is 1. The predicted octanol–water partition coefficient (Wildman–Crippen LogP) is 7.74. The number of nitrogens with one attached hydrogen (secondary N) is 1. The molecule has 0 radical (unpaired) electrons. The molecule has 5 nitrogen and oxygen atoms in total. The number of nitrogens with zero attached hydrogens (tertiary/aromatic N) is 1. The van der Waals surface area contributed by atoms with E-state index in [1.165, 1.54) is 24.1 Å². The highest BCUT2D eigenvalue weighted by Gasteiger charge is 2.25. The number of aromatic nitrogens is 1. The van der Waals surface area contributed by atoms with Gasteiger partial charge in [0, 0.05) is 40.8 Å². The Morgan fingerprint density at radius 2 is 1.89 bits per heavy atom. The average Bonchev–Trinajstić information content (AvgIpc) is 3.21. The molecule has 2 aromatic rings. The molecule has 0 spiro atoms. The molecule has 1 aliphatic carbocycles. The van der Waals surface area contributed by atoms with E-state index in [4.69, 9.17) is 4.74 Å². The quantitative estimate of drug-likeness (QED) is 0.288. The first-order valence-electron chi connectivity index (χ1n) is 13.7. The standard InChI is InChI=1S/C31H44N2O3S/c1-7-9-11-22(8-2)21-36-28(34)18-19-37-27-13-10-12-26-29(27)25(20-33(26)6)30(35)32-24-16-14-23(15-17-24)31(3,4)5/h13-17,20,22H,7-12,18-19,21H2,1-6H3,(H,32,35). The molecule has 202 valence electrons. The van der Waals surface area contributed by atoms with Crippen LogP contribution in [0.5, 0.6) is 0 Å².